The molecule has 1 aliphatic heterocycles. The van der Waals surface area contributed by atoms with Gasteiger partial charge in [0.2, 0.25) is 5.91 Å². The minimum Gasteiger partial charge on any atom is -0.388 e. The molecule has 1 amide bonds. The van der Waals surface area contributed by atoms with Crippen LogP contribution in [0.5, 0.6) is 0 Å². The van der Waals surface area contributed by atoms with Crippen LogP contribution in [0.4, 0.5) is 0 Å². The maximum atomic E-state index is 13.8. The van der Waals surface area contributed by atoms with E-state index in [1.807, 2.05) is 56.3 Å². The Morgan fingerprint density at radius 2 is 1.79 bits per heavy atom. The van der Waals surface area contributed by atoms with Gasteiger partial charge < -0.3 is 20.6 Å². The predicted octanol–water partition coefficient (Wildman–Crippen LogP) is 3.31. The summed E-state index contributed by atoms with van der Waals surface area (Å²) >= 11 is 0. The van der Waals surface area contributed by atoms with E-state index in [-0.39, 0.29) is 23.8 Å². The topological polar surface area (TPSA) is 89.8 Å². The van der Waals surface area contributed by atoms with E-state index < -0.39 is 29.1 Å². The summed E-state index contributed by atoms with van der Waals surface area (Å²) in [6, 6.07) is 9.83. The third-order valence-corrected chi connectivity index (χ3v) is 8.12. The summed E-state index contributed by atoms with van der Waals surface area (Å²) in [7, 11) is 0. The second kappa shape index (κ2) is 8.86. The molecule has 1 aromatic carbocycles. The van der Waals surface area contributed by atoms with Crippen LogP contribution < -0.4 is 5.32 Å². The number of hydrogen-bond donors (Lipinski definition) is 4. The molecule has 0 radical (unpaired) electrons. The van der Waals surface area contributed by atoms with Crippen LogP contribution >= 0.6 is 0 Å². The highest BCUT2D eigenvalue weighted by Gasteiger charge is 2.65. The van der Waals surface area contributed by atoms with E-state index in [0.717, 1.165) is 23.1 Å². The van der Waals surface area contributed by atoms with Crippen LogP contribution in [0.2, 0.25) is 0 Å². The molecule has 4 rings (SSSR count). The minimum absolute atomic E-state index is 0.203. The molecule has 33 heavy (non-hydrogen) atoms. The summed E-state index contributed by atoms with van der Waals surface area (Å²) in [5, 5.41) is 37.0. The summed E-state index contributed by atoms with van der Waals surface area (Å²) < 4.78 is 0. The Balaban J connectivity index is 1.87. The highest BCUT2D eigenvalue weighted by molar-refractivity contribution is 5.89. The zero-order valence-corrected chi connectivity index (χ0v) is 20.0. The molecular formula is C28H37NO4. The lowest BCUT2D eigenvalue weighted by Crippen LogP contribution is -2.57. The van der Waals surface area contributed by atoms with Crippen LogP contribution in [0.15, 0.2) is 65.8 Å². The van der Waals surface area contributed by atoms with Gasteiger partial charge in [0.05, 0.1) is 23.2 Å². The van der Waals surface area contributed by atoms with E-state index in [1.165, 1.54) is 0 Å². The molecule has 1 aromatic rings. The Kier molecular flexibility index (Phi) is 6.43. The van der Waals surface area contributed by atoms with Crippen molar-refractivity contribution in [2.75, 3.05) is 0 Å². The van der Waals surface area contributed by atoms with Crippen LogP contribution in [0.1, 0.15) is 46.1 Å². The van der Waals surface area contributed by atoms with Crippen molar-refractivity contribution in [3.8, 4) is 0 Å². The molecule has 5 heteroatoms. The Hall–Kier alpha value is -2.21. The minimum atomic E-state index is -1.25. The van der Waals surface area contributed by atoms with Gasteiger partial charge in [0.1, 0.15) is 0 Å². The quantitative estimate of drug-likeness (QED) is 0.520. The Morgan fingerprint density at radius 3 is 2.48 bits per heavy atom. The van der Waals surface area contributed by atoms with Crippen molar-refractivity contribution in [2.45, 2.75) is 70.8 Å². The number of benzene rings is 1. The molecule has 8 atom stereocenters. The van der Waals surface area contributed by atoms with Gasteiger partial charge in [-0.15, -0.1) is 0 Å². The Morgan fingerprint density at radius 1 is 1.09 bits per heavy atom. The second-order valence-corrected chi connectivity index (χ2v) is 10.7. The Labute approximate surface area is 196 Å². The molecular weight excluding hydrogens is 414 g/mol. The molecule has 3 aliphatic rings. The van der Waals surface area contributed by atoms with Crippen molar-refractivity contribution in [1.29, 1.82) is 0 Å². The smallest absolute Gasteiger partial charge is 0.230 e. The van der Waals surface area contributed by atoms with Crippen molar-refractivity contribution in [2.24, 2.45) is 23.2 Å². The van der Waals surface area contributed by atoms with Gasteiger partial charge in [-0.1, -0.05) is 67.1 Å². The van der Waals surface area contributed by atoms with E-state index in [4.69, 9.17) is 0 Å². The Bertz CT molecular complexity index is 979. The van der Waals surface area contributed by atoms with Gasteiger partial charge in [0.25, 0.3) is 0 Å². The standard InChI is InChI=1S/C28H37NO4/c1-17-9-8-12-21-25(31)19(3)18(2)24-22(15-20-10-6-5-7-11-20)29-26(32)28(21,24)23(30)13-14-27(4,33)16-17/h5-8,10-14,17,21-25,30-31,33H,9,15-16H2,1-4H3,(H,29,32)/b12-8+,14-13+/t17-,21-,22-,23?,24-,25+,27-,28?/m0/s1. The third kappa shape index (κ3) is 4.11. The molecule has 2 aliphatic carbocycles. The molecule has 1 spiro atoms. The number of aliphatic hydroxyl groups is 3. The molecule has 1 fully saturated rings. The first kappa shape index (κ1) is 23.9. The molecule has 0 saturated carbocycles. The van der Waals surface area contributed by atoms with Crippen LogP contribution in [0, 0.1) is 23.2 Å². The lowest BCUT2D eigenvalue weighted by molar-refractivity contribution is -0.141. The van der Waals surface area contributed by atoms with Crippen LogP contribution in [-0.4, -0.2) is 45.1 Å². The molecule has 5 nitrogen and oxygen atoms in total. The fourth-order valence-electron chi connectivity index (χ4n) is 6.47. The molecule has 1 heterocycles. The molecule has 1 saturated heterocycles. The first-order chi connectivity index (χ1) is 15.6. The van der Waals surface area contributed by atoms with Gasteiger partial charge in [0.15, 0.2) is 0 Å². The zero-order valence-electron chi connectivity index (χ0n) is 20.0. The summed E-state index contributed by atoms with van der Waals surface area (Å²) in [6.45, 7) is 7.72. The zero-order chi connectivity index (χ0) is 24.0. The van der Waals surface area contributed by atoms with Crippen LogP contribution in [0.25, 0.3) is 0 Å². The van der Waals surface area contributed by atoms with E-state index in [9.17, 15) is 20.1 Å². The average Bonchev–Trinajstić information content (AvgIpc) is 3.04. The molecule has 4 N–H and O–H groups in total. The van der Waals surface area contributed by atoms with Gasteiger partial charge in [-0.05, 0) is 57.1 Å². The average molecular weight is 452 g/mol. The number of nitrogens with one attached hydrogen (secondary N) is 1. The van der Waals surface area contributed by atoms with Crippen molar-refractivity contribution >= 4 is 5.91 Å². The maximum absolute atomic E-state index is 13.8. The second-order valence-electron chi connectivity index (χ2n) is 10.7. The number of aliphatic hydroxyl groups excluding tert-OH is 2. The van der Waals surface area contributed by atoms with Crippen molar-refractivity contribution in [1.82, 2.24) is 5.32 Å². The van der Waals surface area contributed by atoms with E-state index in [0.29, 0.717) is 12.8 Å². The first-order valence-corrected chi connectivity index (χ1v) is 12.0. The van der Waals surface area contributed by atoms with E-state index >= 15 is 0 Å². The number of allylic oxidation sites excluding steroid dienone is 1. The highest BCUT2D eigenvalue weighted by Crippen LogP contribution is 2.56. The maximum Gasteiger partial charge on any atom is 0.230 e. The highest BCUT2D eigenvalue weighted by atomic mass is 16.3. The molecule has 0 bridgehead atoms. The molecule has 0 aromatic heterocycles. The van der Waals surface area contributed by atoms with Crippen molar-refractivity contribution < 1.29 is 20.1 Å². The first-order valence-electron chi connectivity index (χ1n) is 12.0. The van der Waals surface area contributed by atoms with Crippen molar-refractivity contribution in [3.05, 3.63) is 71.3 Å². The van der Waals surface area contributed by atoms with Gasteiger partial charge in [-0.2, -0.15) is 0 Å². The van der Waals surface area contributed by atoms with Crippen molar-refractivity contribution in [3.63, 3.8) is 0 Å². The number of carbonyl (C=O) groups excluding carboxylic acids is 1. The van der Waals surface area contributed by atoms with Crippen LogP contribution in [-0.2, 0) is 11.2 Å². The monoisotopic (exact) mass is 451 g/mol. The number of amides is 1. The molecule has 2 unspecified atom stereocenters. The normalized spacial score (nSPS) is 43.2. The molecule has 178 valence electrons. The summed E-state index contributed by atoms with van der Waals surface area (Å²) in [6.07, 6.45) is 7.05. The SMILES string of the molecule is CC1=C(C)[C@H]2[C@H](Cc3ccccc3)NC(=O)C23C(O)/C=C/[C@](C)(O)C[C@@H](C)C/C=C/[C@H]3[C@@H]1O. The summed E-state index contributed by atoms with van der Waals surface area (Å²) in [5.74, 6) is -0.879. The predicted molar refractivity (Wildman–Crippen MR) is 129 cm³/mol. The van der Waals surface area contributed by atoms with Crippen LogP contribution in [0.3, 0.4) is 0 Å². The fourth-order valence-corrected chi connectivity index (χ4v) is 6.47. The summed E-state index contributed by atoms with van der Waals surface area (Å²) in [5.41, 5.74) is 0.591. The van der Waals surface area contributed by atoms with Gasteiger partial charge in [0, 0.05) is 17.9 Å². The third-order valence-electron chi connectivity index (χ3n) is 8.12. The van der Waals surface area contributed by atoms with Gasteiger partial charge in [-0.3, -0.25) is 4.79 Å². The number of hydrogen-bond acceptors (Lipinski definition) is 4. The van der Waals surface area contributed by atoms with Gasteiger partial charge in [-0.25, -0.2) is 0 Å². The number of carbonyl (C=O) groups is 1. The van der Waals surface area contributed by atoms with E-state index in [1.54, 1.807) is 19.1 Å². The number of rotatable bonds is 2. The lowest BCUT2D eigenvalue weighted by Gasteiger charge is -2.49. The van der Waals surface area contributed by atoms with Gasteiger partial charge >= 0.3 is 0 Å². The lowest BCUT2D eigenvalue weighted by atomic mass is 9.54. The largest absolute Gasteiger partial charge is 0.388 e. The van der Waals surface area contributed by atoms with E-state index in [2.05, 4.69) is 12.2 Å². The fraction of sp³-hybridized carbons (Fsp3) is 0.536. The summed E-state index contributed by atoms with van der Waals surface area (Å²) in [4.78, 5) is 13.8.